The summed E-state index contributed by atoms with van der Waals surface area (Å²) in [6, 6.07) is 9.55. The molecule has 2 fully saturated rings. The first kappa shape index (κ1) is 48.8. The Balaban J connectivity index is 0.000000653. The third-order valence-electron chi connectivity index (χ3n) is 11.0. The highest BCUT2D eigenvalue weighted by Crippen LogP contribution is 2.42. The lowest BCUT2D eigenvalue weighted by Crippen LogP contribution is -2.56. The molecule has 1 saturated carbocycles. The highest BCUT2D eigenvalue weighted by molar-refractivity contribution is 7.10. The fourth-order valence-electron chi connectivity index (χ4n) is 7.66. The summed E-state index contributed by atoms with van der Waals surface area (Å²) in [7, 11) is 6.82. The van der Waals surface area contributed by atoms with Crippen molar-refractivity contribution in [1.29, 1.82) is 0 Å². The van der Waals surface area contributed by atoms with Gasteiger partial charge in [-0.3, -0.25) is 24.4 Å². The Morgan fingerprint density at radius 3 is 2.52 bits per heavy atom. The number of amides is 3. The van der Waals surface area contributed by atoms with E-state index in [4.69, 9.17) is 30.6 Å². The molecule has 332 valence electrons. The molecule has 4 N–H and O–H groups in total. The molecule has 15 heteroatoms. The number of terminal acetylenes is 1. The Kier molecular flexibility index (Phi) is 18.3. The summed E-state index contributed by atoms with van der Waals surface area (Å²) in [4.78, 5) is 47.8. The average molecular weight is 859 g/mol. The van der Waals surface area contributed by atoms with E-state index < -0.39 is 12.1 Å². The van der Waals surface area contributed by atoms with Crippen LogP contribution in [-0.4, -0.2) is 103 Å². The number of carbonyl (C=O) groups excluding carboxylic acids is 3. The standard InChI is InChI=1S/C38H48N6O5S.C7H13NO.CH5N/c1-8-43-31-16-15-26(30-22-50-36(42-30)35(49-10-3)33(40-24-45)37(46)44-19-12-11-18-41-44)20-28(31)29(21-38(5,6)23-48-9-2)34(43)27-14-13-17-39-32(27)25(4)47-7;1-5-4-6(5)7(9)8(2)3;1-2/h2,13-17,20,22,24-25,33,35,41H,8,10-12,18-19,21,23H2,1,3-7H3,(H,40,45);5-6H,4H2,1-3H3;2H2,1H3. The van der Waals surface area contributed by atoms with Crippen molar-refractivity contribution in [2.24, 2.45) is 23.0 Å². The number of rotatable bonds is 17. The average Bonchev–Trinajstić information content (AvgIpc) is 3.66. The quantitative estimate of drug-likeness (QED) is 0.0805. The Bertz CT molecular complexity index is 2100. The Morgan fingerprint density at radius 2 is 1.95 bits per heavy atom. The predicted molar refractivity (Wildman–Crippen MR) is 242 cm³/mol. The van der Waals surface area contributed by atoms with Gasteiger partial charge in [0, 0.05) is 92.4 Å². The molecule has 4 heterocycles. The number of nitrogens with zero attached hydrogens (tertiary/aromatic N) is 5. The number of hydrogen-bond acceptors (Lipinski definition) is 11. The van der Waals surface area contributed by atoms with Crippen LogP contribution in [0.4, 0.5) is 0 Å². The lowest BCUT2D eigenvalue weighted by Gasteiger charge is -2.33. The fourth-order valence-corrected chi connectivity index (χ4v) is 8.57. The zero-order chi connectivity index (χ0) is 44.9. The maximum absolute atomic E-state index is 13.6. The molecule has 61 heavy (non-hydrogen) atoms. The molecule has 1 aromatic carbocycles. The van der Waals surface area contributed by atoms with Gasteiger partial charge in [0.05, 0.1) is 23.2 Å². The number of fused-ring (bicyclic) bond motifs is 1. The number of aromatic nitrogens is 3. The van der Waals surface area contributed by atoms with Crippen molar-refractivity contribution < 1.29 is 28.6 Å². The van der Waals surface area contributed by atoms with Crippen molar-refractivity contribution in [3.8, 4) is 35.0 Å². The Hall–Kier alpha value is -4.85. The molecule has 0 bridgehead atoms. The summed E-state index contributed by atoms with van der Waals surface area (Å²) in [6.07, 6.45) is 12.9. The van der Waals surface area contributed by atoms with E-state index in [1.165, 1.54) is 18.4 Å². The van der Waals surface area contributed by atoms with Crippen molar-refractivity contribution >= 4 is 40.5 Å². The molecule has 0 radical (unpaired) electrons. The van der Waals surface area contributed by atoms with Crippen LogP contribution in [0, 0.1) is 29.8 Å². The number of benzene rings is 1. The maximum atomic E-state index is 13.6. The minimum atomic E-state index is -0.928. The van der Waals surface area contributed by atoms with Crippen molar-refractivity contribution in [3.63, 3.8) is 0 Å². The monoisotopic (exact) mass is 858 g/mol. The number of carbonyl (C=O) groups is 3. The second-order valence-corrected chi connectivity index (χ2v) is 17.1. The molecule has 3 aromatic heterocycles. The first-order valence-electron chi connectivity index (χ1n) is 21.1. The molecule has 14 nitrogen and oxygen atoms in total. The van der Waals surface area contributed by atoms with E-state index in [0.717, 1.165) is 70.5 Å². The molecule has 2 aliphatic rings. The van der Waals surface area contributed by atoms with Crippen LogP contribution in [0.25, 0.3) is 33.4 Å². The first-order valence-corrected chi connectivity index (χ1v) is 22.0. The van der Waals surface area contributed by atoms with Crippen LogP contribution in [0.3, 0.4) is 0 Å². The smallest absolute Gasteiger partial charge is 0.262 e. The Labute approximate surface area is 365 Å². The highest BCUT2D eigenvalue weighted by Gasteiger charge is 2.40. The summed E-state index contributed by atoms with van der Waals surface area (Å²) >= 11 is 1.41. The molecular formula is C46H66N8O6S. The van der Waals surface area contributed by atoms with Crippen molar-refractivity contribution in [1.82, 2.24) is 35.2 Å². The second-order valence-electron chi connectivity index (χ2n) is 16.2. The molecule has 5 unspecified atom stereocenters. The van der Waals surface area contributed by atoms with E-state index in [0.29, 0.717) is 61.9 Å². The van der Waals surface area contributed by atoms with Crippen LogP contribution in [0.5, 0.6) is 0 Å². The van der Waals surface area contributed by atoms with Crippen molar-refractivity contribution in [3.05, 3.63) is 58.2 Å². The van der Waals surface area contributed by atoms with Crippen LogP contribution in [0.2, 0.25) is 0 Å². The summed E-state index contributed by atoms with van der Waals surface area (Å²) < 4.78 is 19.7. The van der Waals surface area contributed by atoms with E-state index in [-0.39, 0.29) is 17.4 Å². The van der Waals surface area contributed by atoms with E-state index in [2.05, 4.69) is 79.1 Å². The molecule has 3 amide bonds. The van der Waals surface area contributed by atoms with Crippen LogP contribution in [0.15, 0.2) is 41.9 Å². The van der Waals surface area contributed by atoms with Gasteiger partial charge in [-0.25, -0.2) is 10.4 Å². The van der Waals surface area contributed by atoms with Crippen molar-refractivity contribution in [2.75, 3.05) is 54.6 Å². The molecule has 4 aromatic rings. The topological polar surface area (TPSA) is 166 Å². The SMILES string of the molecule is C#COCC(C)(C)Cc1c(-c2cccnc2C(C)OC)n(CC)c2ccc(-c3csc(C(OCC)C(NC=O)C(=O)N4CCCCN4)n3)cc12.CC1CC1C(=O)N(C)C.CN. The third-order valence-corrected chi connectivity index (χ3v) is 11.9. The van der Waals surface area contributed by atoms with Gasteiger partial charge in [-0.2, -0.15) is 0 Å². The zero-order valence-electron chi connectivity index (χ0n) is 37.6. The molecule has 1 aliphatic carbocycles. The number of methoxy groups -OCH3 is 1. The van der Waals surface area contributed by atoms with Gasteiger partial charge in [-0.15, -0.1) is 11.3 Å². The summed E-state index contributed by atoms with van der Waals surface area (Å²) in [5.41, 5.74) is 14.3. The van der Waals surface area contributed by atoms with Gasteiger partial charge in [0.2, 0.25) is 12.3 Å². The minimum absolute atomic E-state index is 0.211. The van der Waals surface area contributed by atoms with E-state index in [9.17, 15) is 14.4 Å². The Morgan fingerprint density at radius 1 is 1.21 bits per heavy atom. The van der Waals surface area contributed by atoms with Crippen LogP contribution in [-0.2, 0) is 41.6 Å². The van der Waals surface area contributed by atoms with Crippen LogP contribution >= 0.6 is 11.3 Å². The predicted octanol–water partition coefficient (Wildman–Crippen LogP) is 6.35. The summed E-state index contributed by atoms with van der Waals surface area (Å²) in [5.74, 6) is 1.03. The van der Waals surface area contributed by atoms with Gasteiger partial charge in [0.1, 0.15) is 29.9 Å². The zero-order valence-corrected chi connectivity index (χ0v) is 38.4. The van der Waals surface area contributed by atoms with Crippen molar-refractivity contribution in [2.45, 2.75) is 92.0 Å². The van der Waals surface area contributed by atoms with E-state index in [1.54, 1.807) is 23.2 Å². The number of ether oxygens (including phenoxy) is 3. The first-order chi connectivity index (χ1) is 29.3. The number of hydrogen-bond donors (Lipinski definition) is 3. The van der Waals surface area contributed by atoms with E-state index >= 15 is 0 Å². The van der Waals surface area contributed by atoms with E-state index in [1.807, 2.05) is 39.4 Å². The van der Waals surface area contributed by atoms with Gasteiger partial charge in [-0.05, 0) is 89.2 Å². The lowest BCUT2D eigenvalue weighted by atomic mass is 9.84. The number of aryl methyl sites for hydroxylation is 1. The maximum Gasteiger partial charge on any atom is 0.262 e. The number of nitrogens with one attached hydrogen (secondary N) is 2. The molecule has 1 saturated heterocycles. The fraction of sp³-hybridized carbons (Fsp3) is 0.543. The molecule has 0 spiro atoms. The van der Waals surface area contributed by atoms with Crippen LogP contribution in [0.1, 0.15) is 89.3 Å². The highest BCUT2D eigenvalue weighted by atomic mass is 32.1. The number of hydrazine groups is 1. The molecular weight excluding hydrogens is 793 g/mol. The largest absolute Gasteiger partial charge is 0.446 e. The van der Waals surface area contributed by atoms with Gasteiger partial charge < -0.3 is 34.7 Å². The molecule has 1 aliphatic heterocycles. The number of pyridine rings is 1. The van der Waals surface area contributed by atoms with Gasteiger partial charge in [0.15, 0.2) is 0 Å². The molecule has 6 rings (SSSR count). The normalized spacial score (nSPS) is 17.4. The van der Waals surface area contributed by atoms with Gasteiger partial charge >= 0.3 is 0 Å². The van der Waals surface area contributed by atoms with Gasteiger partial charge in [-0.1, -0.05) is 33.3 Å². The number of nitrogens with two attached hydrogens (primary N) is 1. The lowest BCUT2D eigenvalue weighted by molar-refractivity contribution is -0.143. The second kappa shape index (κ2) is 22.8. The number of thiazole rings is 1. The van der Waals surface area contributed by atoms with Crippen LogP contribution < -0.4 is 16.5 Å². The minimum Gasteiger partial charge on any atom is -0.446 e. The summed E-state index contributed by atoms with van der Waals surface area (Å²) in [6.45, 7) is 15.2. The van der Waals surface area contributed by atoms with Gasteiger partial charge in [0.25, 0.3) is 5.91 Å². The summed E-state index contributed by atoms with van der Waals surface area (Å²) in [5, 5.41) is 7.98. The molecule has 5 atom stereocenters. The third kappa shape index (κ3) is 12.0.